The monoisotopic (exact) mass is 286 g/mol. The second-order valence-electron chi connectivity index (χ2n) is 5.67. The first-order valence-corrected chi connectivity index (χ1v) is 7.76. The lowest BCUT2D eigenvalue weighted by molar-refractivity contribution is -0.117. The molecular weight excluding hydrogens is 268 g/mol. The first-order valence-electron chi connectivity index (χ1n) is 6.88. The Bertz CT molecular complexity index is 662. The van der Waals surface area contributed by atoms with Crippen molar-refractivity contribution >= 4 is 22.4 Å². The Labute approximate surface area is 123 Å². The van der Waals surface area contributed by atoms with Gasteiger partial charge in [-0.1, -0.05) is 24.6 Å². The van der Waals surface area contributed by atoms with Crippen molar-refractivity contribution in [1.29, 1.82) is 0 Å². The van der Waals surface area contributed by atoms with Gasteiger partial charge >= 0.3 is 0 Å². The number of aromatic nitrogens is 1. The third kappa shape index (κ3) is 2.61. The number of hydrogen-bond donors (Lipinski definition) is 1. The predicted molar refractivity (Wildman–Crippen MR) is 82.9 cm³/mol. The number of carbonyl (C=O) groups excluding carboxylic acids is 1. The molecule has 1 aliphatic rings. The molecule has 0 aliphatic heterocycles. The molecule has 2 aromatic rings. The van der Waals surface area contributed by atoms with Crippen LogP contribution < -0.4 is 5.32 Å². The molecule has 0 unspecified atom stereocenters. The van der Waals surface area contributed by atoms with Gasteiger partial charge in [-0.25, -0.2) is 4.98 Å². The van der Waals surface area contributed by atoms with E-state index in [1.165, 1.54) is 22.5 Å². The minimum atomic E-state index is 0.111. The maximum atomic E-state index is 11.9. The summed E-state index contributed by atoms with van der Waals surface area (Å²) < 4.78 is 0. The number of benzene rings is 1. The summed E-state index contributed by atoms with van der Waals surface area (Å²) in [6, 6.07) is 6.34. The largest absolute Gasteiger partial charge is 0.302 e. The molecule has 1 aromatic carbocycles. The van der Waals surface area contributed by atoms with Gasteiger partial charge in [0.1, 0.15) is 0 Å². The van der Waals surface area contributed by atoms with Crippen LogP contribution in [-0.4, -0.2) is 10.9 Å². The van der Waals surface area contributed by atoms with Gasteiger partial charge in [-0.2, -0.15) is 0 Å². The number of anilines is 1. The molecule has 1 N–H and O–H groups in total. The molecule has 3 nitrogen and oxygen atoms in total. The Morgan fingerprint density at radius 1 is 1.40 bits per heavy atom. The lowest BCUT2D eigenvalue weighted by Gasteiger charge is -2.04. The highest BCUT2D eigenvalue weighted by Gasteiger charge is 2.39. The van der Waals surface area contributed by atoms with Crippen LogP contribution >= 0.6 is 11.3 Å². The molecule has 1 aliphatic carbocycles. The van der Waals surface area contributed by atoms with Gasteiger partial charge in [0.2, 0.25) is 5.91 Å². The number of nitrogens with one attached hydrogen (secondary N) is 1. The third-order valence-electron chi connectivity index (χ3n) is 3.85. The molecule has 104 valence electrons. The summed E-state index contributed by atoms with van der Waals surface area (Å²) in [5.74, 6) is 0.816. The van der Waals surface area contributed by atoms with Gasteiger partial charge < -0.3 is 5.32 Å². The predicted octanol–water partition coefficient (Wildman–Crippen LogP) is 4.02. The molecule has 1 saturated carbocycles. The smallest absolute Gasteiger partial charge is 0.229 e. The van der Waals surface area contributed by atoms with Crippen LogP contribution in [0, 0.1) is 25.7 Å². The highest BCUT2D eigenvalue weighted by atomic mass is 32.1. The summed E-state index contributed by atoms with van der Waals surface area (Å²) in [5, 5.41) is 5.63. The number of hydrogen-bond acceptors (Lipinski definition) is 3. The van der Waals surface area contributed by atoms with Crippen LogP contribution in [0.2, 0.25) is 0 Å². The molecule has 0 saturated heterocycles. The molecule has 3 rings (SSSR count). The maximum absolute atomic E-state index is 11.9. The average Bonchev–Trinajstić information content (AvgIpc) is 2.97. The standard InChI is InChI=1S/C16H18N2OS/c1-9-4-5-10(2)12(6-9)14-8-20-16(17-14)18-15(19)13-7-11(13)3/h4-6,8,11,13H,7H2,1-3H3,(H,17,18,19)/t11-,13-/m0/s1. The minimum Gasteiger partial charge on any atom is -0.302 e. The summed E-state index contributed by atoms with van der Waals surface area (Å²) in [6.07, 6.45) is 1.00. The number of carbonyl (C=O) groups is 1. The Morgan fingerprint density at radius 3 is 2.85 bits per heavy atom. The molecule has 1 fully saturated rings. The van der Waals surface area contributed by atoms with Crippen LogP contribution in [0.15, 0.2) is 23.6 Å². The lowest BCUT2D eigenvalue weighted by Crippen LogP contribution is -2.14. The van der Waals surface area contributed by atoms with Crippen molar-refractivity contribution in [3.05, 3.63) is 34.7 Å². The van der Waals surface area contributed by atoms with E-state index in [2.05, 4.69) is 49.3 Å². The minimum absolute atomic E-state index is 0.111. The Kier molecular flexibility index (Phi) is 3.34. The molecule has 0 spiro atoms. The Morgan fingerprint density at radius 2 is 2.15 bits per heavy atom. The highest BCUT2D eigenvalue weighted by Crippen LogP contribution is 2.39. The number of aryl methyl sites for hydroxylation is 2. The van der Waals surface area contributed by atoms with Gasteiger partial charge in [0, 0.05) is 16.9 Å². The van der Waals surface area contributed by atoms with Gasteiger partial charge in [0.25, 0.3) is 0 Å². The van der Waals surface area contributed by atoms with E-state index in [-0.39, 0.29) is 11.8 Å². The molecule has 1 amide bonds. The summed E-state index contributed by atoms with van der Waals surface area (Å²) in [4.78, 5) is 16.5. The van der Waals surface area contributed by atoms with Crippen molar-refractivity contribution < 1.29 is 4.79 Å². The summed E-state index contributed by atoms with van der Waals surface area (Å²) in [7, 11) is 0. The normalized spacial score (nSPS) is 20.8. The topological polar surface area (TPSA) is 42.0 Å². The van der Waals surface area contributed by atoms with Crippen molar-refractivity contribution in [3.63, 3.8) is 0 Å². The van der Waals surface area contributed by atoms with E-state index in [0.717, 1.165) is 17.7 Å². The van der Waals surface area contributed by atoms with Crippen LogP contribution in [0.1, 0.15) is 24.5 Å². The fraction of sp³-hybridized carbons (Fsp3) is 0.375. The summed E-state index contributed by atoms with van der Waals surface area (Å²) in [6.45, 7) is 6.26. The molecule has 20 heavy (non-hydrogen) atoms. The molecular formula is C16H18N2OS. The molecule has 2 atom stereocenters. The van der Waals surface area contributed by atoms with Gasteiger partial charge in [-0.3, -0.25) is 4.79 Å². The van der Waals surface area contributed by atoms with E-state index in [4.69, 9.17) is 0 Å². The van der Waals surface area contributed by atoms with Crippen molar-refractivity contribution in [2.45, 2.75) is 27.2 Å². The van der Waals surface area contributed by atoms with Gasteiger partial charge in [0.15, 0.2) is 5.13 Å². The van der Waals surface area contributed by atoms with E-state index in [0.29, 0.717) is 11.0 Å². The fourth-order valence-electron chi connectivity index (χ4n) is 2.35. The van der Waals surface area contributed by atoms with Gasteiger partial charge in [-0.15, -0.1) is 11.3 Å². The first-order chi connectivity index (χ1) is 9.54. The van der Waals surface area contributed by atoms with Crippen LogP contribution in [0.5, 0.6) is 0 Å². The Balaban J connectivity index is 1.79. The zero-order valence-electron chi connectivity index (χ0n) is 11.9. The number of rotatable bonds is 3. The van der Waals surface area contributed by atoms with Crippen LogP contribution in [0.4, 0.5) is 5.13 Å². The van der Waals surface area contributed by atoms with E-state index >= 15 is 0 Å². The van der Waals surface area contributed by atoms with E-state index in [1.54, 1.807) is 0 Å². The van der Waals surface area contributed by atoms with Crippen LogP contribution in [0.25, 0.3) is 11.3 Å². The van der Waals surface area contributed by atoms with Gasteiger partial charge in [-0.05, 0) is 37.8 Å². The second-order valence-corrected chi connectivity index (χ2v) is 6.52. The number of thiazole rings is 1. The zero-order valence-corrected chi connectivity index (χ0v) is 12.8. The molecule has 0 bridgehead atoms. The highest BCUT2D eigenvalue weighted by molar-refractivity contribution is 7.14. The van der Waals surface area contributed by atoms with Crippen molar-refractivity contribution in [3.8, 4) is 11.3 Å². The first kappa shape index (κ1) is 13.3. The summed E-state index contributed by atoms with van der Waals surface area (Å²) in [5.41, 5.74) is 4.50. The van der Waals surface area contributed by atoms with Crippen LogP contribution in [-0.2, 0) is 4.79 Å². The summed E-state index contributed by atoms with van der Waals surface area (Å²) >= 11 is 1.49. The maximum Gasteiger partial charge on any atom is 0.229 e. The second kappa shape index (κ2) is 5.02. The Hall–Kier alpha value is -1.68. The van der Waals surface area contributed by atoms with E-state index in [1.807, 2.05) is 5.38 Å². The third-order valence-corrected chi connectivity index (χ3v) is 4.61. The molecule has 1 heterocycles. The quantitative estimate of drug-likeness (QED) is 0.926. The number of amides is 1. The van der Waals surface area contributed by atoms with Gasteiger partial charge in [0.05, 0.1) is 5.69 Å². The van der Waals surface area contributed by atoms with Crippen molar-refractivity contribution in [2.24, 2.45) is 11.8 Å². The average molecular weight is 286 g/mol. The molecule has 0 radical (unpaired) electrons. The van der Waals surface area contributed by atoms with E-state index in [9.17, 15) is 4.79 Å². The van der Waals surface area contributed by atoms with Crippen LogP contribution in [0.3, 0.4) is 0 Å². The van der Waals surface area contributed by atoms with Crippen molar-refractivity contribution in [2.75, 3.05) is 5.32 Å². The number of nitrogens with zero attached hydrogens (tertiary/aromatic N) is 1. The zero-order chi connectivity index (χ0) is 14.3. The van der Waals surface area contributed by atoms with Crippen molar-refractivity contribution in [1.82, 2.24) is 4.98 Å². The lowest BCUT2D eigenvalue weighted by atomic mass is 10.0. The fourth-order valence-corrected chi connectivity index (χ4v) is 3.07. The van der Waals surface area contributed by atoms with E-state index < -0.39 is 0 Å². The molecule has 4 heteroatoms. The molecule has 1 aromatic heterocycles. The SMILES string of the molecule is Cc1ccc(C)c(-c2csc(NC(=O)[C@H]3C[C@@H]3C)n2)c1.